The van der Waals surface area contributed by atoms with E-state index in [1.165, 1.54) is 16.8 Å². The van der Waals surface area contributed by atoms with Gasteiger partial charge in [-0.3, -0.25) is 4.79 Å². The van der Waals surface area contributed by atoms with Crippen molar-refractivity contribution in [3.63, 3.8) is 0 Å². The van der Waals surface area contributed by atoms with Crippen LogP contribution in [0, 0.1) is 5.92 Å². The van der Waals surface area contributed by atoms with E-state index >= 15 is 0 Å². The summed E-state index contributed by atoms with van der Waals surface area (Å²) in [4.78, 5) is 11.1. The molecule has 0 aliphatic heterocycles. The minimum Gasteiger partial charge on any atom is -0.396 e. The van der Waals surface area contributed by atoms with Gasteiger partial charge < -0.3 is 15.4 Å². The van der Waals surface area contributed by atoms with E-state index < -0.39 is 15.9 Å². The third-order valence-electron chi connectivity index (χ3n) is 3.09. The average molecular weight is 303 g/mol. The zero-order valence-corrected chi connectivity index (χ0v) is 12.6. The Morgan fingerprint density at radius 3 is 2.50 bits per heavy atom. The Hall–Kier alpha value is -1.38. The third-order valence-corrected chi connectivity index (χ3v) is 4.55. The predicted molar refractivity (Wildman–Crippen MR) is 74.6 cm³/mol. The van der Waals surface area contributed by atoms with E-state index in [2.05, 4.69) is 4.72 Å². The van der Waals surface area contributed by atoms with Gasteiger partial charge in [-0.15, -0.1) is 0 Å². The van der Waals surface area contributed by atoms with Crippen LogP contribution in [0.1, 0.15) is 30.8 Å². The van der Waals surface area contributed by atoms with Crippen LogP contribution in [-0.2, 0) is 17.1 Å². The quantitative estimate of drug-likeness (QED) is 0.647. The molecule has 0 radical (unpaired) electrons. The molecule has 8 heteroatoms. The molecule has 0 saturated heterocycles. The van der Waals surface area contributed by atoms with Crippen molar-refractivity contribution in [3.8, 4) is 0 Å². The molecule has 1 aromatic heterocycles. The zero-order valence-electron chi connectivity index (χ0n) is 11.8. The molecule has 4 N–H and O–H groups in total. The van der Waals surface area contributed by atoms with Gasteiger partial charge in [-0.2, -0.15) is 0 Å². The Bertz CT molecular complexity index is 578. The van der Waals surface area contributed by atoms with Crippen LogP contribution < -0.4 is 10.5 Å². The highest BCUT2D eigenvalue weighted by molar-refractivity contribution is 7.89. The molecule has 1 heterocycles. The Kier molecular flexibility index (Phi) is 5.32. The van der Waals surface area contributed by atoms with Crippen molar-refractivity contribution < 1.29 is 18.3 Å². The fourth-order valence-corrected chi connectivity index (χ4v) is 3.35. The molecule has 1 unspecified atom stereocenters. The van der Waals surface area contributed by atoms with Gasteiger partial charge in [-0.05, 0) is 18.4 Å². The van der Waals surface area contributed by atoms with Crippen molar-refractivity contribution in [2.45, 2.75) is 31.2 Å². The van der Waals surface area contributed by atoms with Crippen molar-refractivity contribution in [1.29, 1.82) is 0 Å². The molecular formula is C12H21N3O4S. The summed E-state index contributed by atoms with van der Waals surface area (Å²) < 4.78 is 28.4. The molecule has 0 fully saturated rings. The molecular weight excluding hydrogens is 282 g/mol. The van der Waals surface area contributed by atoms with Gasteiger partial charge in [0.2, 0.25) is 10.0 Å². The number of hydrogen-bond donors (Lipinski definition) is 3. The fourth-order valence-electron chi connectivity index (χ4n) is 1.86. The first-order valence-electron chi connectivity index (χ1n) is 6.28. The van der Waals surface area contributed by atoms with Gasteiger partial charge in [0.15, 0.2) is 0 Å². The molecule has 0 aliphatic carbocycles. The molecule has 20 heavy (non-hydrogen) atoms. The van der Waals surface area contributed by atoms with E-state index in [4.69, 9.17) is 10.8 Å². The van der Waals surface area contributed by atoms with Crippen molar-refractivity contribution in [2.75, 3.05) is 6.61 Å². The van der Waals surface area contributed by atoms with E-state index in [-0.39, 0.29) is 29.2 Å². The first kappa shape index (κ1) is 16.7. The summed E-state index contributed by atoms with van der Waals surface area (Å²) in [6, 6.07) is 0.864. The lowest BCUT2D eigenvalue weighted by molar-refractivity contribution is 0.0992. The fraction of sp³-hybridized carbons (Fsp3) is 0.583. The summed E-state index contributed by atoms with van der Waals surface area (Å²) in [5, 5.41) is 8.97. The van der Waals surface area contributed by atoms with Crippen LogP contribution in [0.4, 0.5) is 0 Å². The largest absolute Gasteiger partial charge is 0.396 e. The number of aliphatic hydroxyl groups is 1. The lowest BCUT2D eigenvalue weighted by atomic mass is 10.0. The second-order valence-electron chi connectivity index (χ2n) is 5.02. The highest BCUT2D eigenvalue weighted by Crippen LogP contribution is 2.16. The third kappa shape index (κ3) is 3.81. The van der Waals surface area contributed by atoms with Gasteiger partial charge in [0.1, 0.15) is 10.6 Å². The Morgan fingerprint density at radius 1 is 1.50 bits per heavy atom. The van der Waals surface area contributed by atoms with E-state index in [9.17, 15) is 13.2 Å². The molecule has 1 aromatic rings. The van der Waals surface area contributed by atoms with Crippen LogP contribution in [0.15, 0.2) is 17.2 Å². The Morgan fingerprint density at radius 2 is 2.10 bits per heavy atom. The Labute approximate surface area is 118 Å². The second kappa shape index (κ2) is 6.38. The van der Waals surface area contributed by atoms with Gasteiger partial charge in [-0.25, -0.2) is 13.1 Å². The van der Waals surface area contributed by atoms with Crippen LogP contribution in [0.3, 0.4) is 0 Å². The summed E-state index contributed by atoms with van der Waals surface area (Å²) in [5.41, 5.74) is 5.28. The maximum atomic E-state index is 12.3. The number of nitrogens with one attached hydrogen (secondary N) is 1. The number of hydrogen-bond acceptors (Lipinski definition) is 4. The van der Waals surface area contributed by atoms with Gasteiger partial charge in [0, 0.05) is 25.9 Å². The standard InChI is InChI=1S/C12H21N3O4S/c1-8(2)10(4-5-16)14-20(18,19)9-6-11(12(13)17)15(3)7-9/h6-8,10,14,16H,4-5H2,1-3H3,(H2,13,17). The minimum absolute atomic E-state index is 0.0163. The van der Waals surface area contributed by atoms with Crippen LogP contribution in [0.2, 0.25) is 0 Å². The average Bonchev–Trinajstić information content (AvgIpc) is 2.71. The normalized spacial score (nSPS) is 13.7. The van der Waals surface area contributed by atoms with Crippen LogP contribution in [-0.4, -0.2) is 36.6 Å². The number of rotatable bonds is 7. The van der Waals surface area contributed by atoms with E-state index in [0.29, 0.717) is 6.42 Å². The van der Waals surface area contributed by atoms with Crippen LogP contribution in [0.25, 0.3) is 0 Å². The van der Waals surface area contributed by atoms with E-state index in [0.717, 1.165) is 0 Å². The van der Waals surface area contributed by atoms with Crippen LogP contribution >= 0.6 is 0 Å². The first-order valence-corrected chi connectivity index (χ1v) is 7.76. The molecule has 1 rings (SSSR count). The summed E-state index contributed by atoms with van der Waals surface area (Å²) >= 11 is 0. The number of primary amides is 1. The summed E-state index contributed by atoms with van der Waals surface area (Å²) in [7, 11) is -2.20. The summed E-state index contributed by atoms with van der Waals surface area (Å²) in [6.45, 7) is 3.62. The Balaban J connectivity index is 3.04. The molecule has 1 amide bonds. The lowest BCUT2D eigenvalue weighted by Crippen LogP contribution is -2.39. The lowest BCUT2D eigenvalue weighted by Gasteiger charge is -2.20. The van der Waals surface area contributed by atoms with Crippen molar-refractivity contribution >= 4 is 15.9 Å². The summed E-state index contributed by atoms with van der Waals surface area (Å²) in [5.74, 6) is -0.652. The van der Waals surface area contributed by atoms with Gasteiger partial charge in [0.05, 0.1) is 0 Å². The van der Waals surface area contributed by atoms with Crippen molar-refractivity contribution in [3.05, 3.63) is 18.0 Å². The van der Waals surface area contributed by atoms with Gasteiger partial charge >= 0.3 is 0 Å². The topological polar surface area (TPSA) is 114 Å². The maximum Gasteiger partial charge on any atom is 0.265 e. The highest BCUT2D eigenvalue weighted by Gasteiger charge is 2.24. The minimum atomic E-state index is -3.75. The number of amides is 1. The maximum absolute atomic E-state index is 12.3. The van der Waals surface area contributed by atoms with Crippen molar-refractivity contribution in [1.82, 2.24) is 9.29 Å². The first-order chi connectivity index (χ1) is 9.19. The van der Waals surface area contributed by atoms with E-state index in [1.807, 2.05) is 13.8 Å². The molecule has 7 nitrogen and oxygen atoms in total. The number of carbonyl (C=O) groups excluding carboxylic acids is 1. The van der Waals surface area contributed by atoms with Crippen molar-refractivity contribution in [2.24, 2.45) is 18.7 Å². The molecule has 0 saturated carbocycles. The number of carbonyl (C=O) groups is 1. The van der Waals surface area contributed by atoms with Gasteiger partial charge in [0.25, 0.3) is 5.91 Å². The summed E-state index contributed by atoms with van der Waals surface area (Å²) in [6.07, 6.45) is 1.66. The number of aryl methyl sites for hydroxylation is 1. The van der Waals surface area contributed by atoms with Crippen LogP contribution in [0.5, 0.6) is 0 Å². The smallest absolute Gasteiger partial charge is 0.265 e. The number of sulfonamides is 1. The molecule has 1 atom stereocenters. The molecule has 0 aliphatic rings. The molecule has 0 spiro atoms. The van der Waals surface area contributed by atoms with E-state index in [1.54, 1.807) is 7.05 Å². The predicted octanol–water partition coefficient (Wildman–Crippen LogP) is -0.191. The zero-order chi connectivity index (χ0) is 15.5. The monoisotopic (exact) mass is 303 g/mol. The highest BCUT2D eigenvalue weighted by atomic mass is 32.2. The SMILES string of the molecule is CC(C)C(CCO)NS(=O)(=O)c1cc(C(N)=O)n(C)c1. The molecule has 0 aromatic carbocycles. The second-order valence-corrected chi connectivity index (χ2v) is 6.73. The number of aliphatic hydroxyl groups excluding tert-OH is 1. The number of nitrogens with zero attached hydrogens (tertiary/aromatic N) is 1. The molecule has 114 valence electrons. The molecule has 0 bridgehead atoms. The number of aromatic nitrogens is 1. The van der Waals surface area contributed by atoms with Gasteiger partial charge in [-0.1, -0.05) is 13.8 Å². The number of nitrogens with two attached hydrogens (primary N) is 1.